The molecule has 24 heavy (non-hydrogen) atoms. The zero-order valence-corrected chi connectivity index (χ0v) is 15.1. The van der Waals surface area contributed by atoms with Gasteiger partial charge in [-0.15, -0.1) is 0 Å². The summed E-state index contributed by atoms with van der Waals surface area (Å²) in [5, 5.41) is 10.0. The predicted molar refractivity (Wildman–Crippen MR) is 96.5 cm³/mol. The van der Waals surface area contributed by atoms with Gasteiger partial charge in [0.15, 0.2) is 6.29 Å². The van der Waals surface area contributed by atoms with Crippen molar-refractivity contribution < 1.29 is 9.90 Å². The maximum absolute atomic E-state index is 11.3. The number of hydrogen-bond donors (Lipinski definition) is 1. The number of carbonyl (C=O) groups is 1. The van der Waals surface area contributed by atoms with Crippen molar-refractivity contribution in [2.75, 3.05) is 0 Å². The van der Waals surface area contributed by atoms with Crippen LogP contribution >= 0.6 is 0 Å². The molecule has 2 saturated carbocycles. The van der Waals surface area contributed by atoms with Gasteiger partial charge in [0, 0.05) is 0 Å². The molecule has 3 aliphatic rings. The second kappa shape index (κ2) is 5.89. The molecule has 1 aromatic rings. The summed E-state index contributed by atoms with van der Waals surface area (Å²) in [4.78, 5) is 11.3. The Morgan fingerprint density at radius 3 is 2.83 bits per heavy atom. The van der Waals surface area contributed by atoms with E-state index in [2.05, 4.69) is 13.8 Å². The first-order chi connectivity index (χ1) is 11.6. The van der Waals surface area contributed by atoms with Crippen molar-refractivity contribution in [1.29, 1.82) is 0 Å². The van der Waals surface area contributed by atoms with Gasteiger partial charge in [-0.1, -0.05) is 26.7 Å². The molecule has 0 radical (unpaired) electrons. The molecule has 1 aromatic carbocycles. The van der Waals surface area contributed by atoms with Gasteiger partial charge in [-0.2, -0.15) is 0 Å². The lowest BCUT2D eigenvalue weighted by Crippen LogP contribution is -2.42. The van der Waals surface area contributed by atoms with Gasteiger partial charge in [-0.05, 0) is 90.9 Å². The van der Waals surface area contributed by atoms with Crippen molar-refractivity contribution in [2.24, 2.45) is 23.2 Å². The molecule has 2 nitrogen and oxygen atoms in total. The summed E-state index contributed by atoms with van der Waals surface area (Å²) in [5.41, 5.74) is 3.66. The lowest BCUT2D eigenvalue weighted by atomic mass is 9.54. The highest BCUT2D eigenvalue weighted by molar-refractivity contribution is 5.80. The normalized spacial score (nSPS) is 37.4. The minimum Gasteiger partial charge on any atom is -0.507 e. The van der Waals surface area contributed by atoms with Crippen molar-refractivity contribution in [3.05, 3.63) is 28.8 Å². The highest BCUT2D eigenvalue weighted by atomic mass is 16.3. The van der Waals surface area contributed by atoms with Crippen molar-refractivity contribution in [3.63, 3.8) is 0 Å². The fourth-order valence-electron chi connectivity index (χ4n) is 6.65. The summed E-state index contributed by atoms with van der Waals surface area (Å²) in [5.74, 6) is 3.31. The Balaban J connectivity index is 1.67. The minimum atomic E-state index is 0.159. The predicted octanol–water partition coefficient (Wildman–Crippen LogP) is 5.48. The van der Waals surface area contributed by atoms with Crippen LogP contribution in [-0.4, -0.2) is 11.4 Å². The number of phenols is 1. The molecule has 2 fully saturated rings. The second-order valence-electron chi connectivity index (χ2n) is 8.75. The van der Waals surface area contributed by atoms with Crippen LogP contribution in [0.5, 0.6) is 5.75 Å². The lowest BCUT2D eigenvalue weighted by Gasteiger charge is -2.51. The Kier molecular flexibility index (Phi) is 3.97. The molecule has 1 unspecified atom stereocenters. The third-order valence-corrected chi connectivity index (χ3v) is 7.83. The molecule has 0 amide bonds. The molecule has 2 heteroatoms. The van der Waals surface area contributed by atoms with Crippen LogP contribution in [0.1, 0.15) is 86.2 Å². The van der Waals surface area contributed by atoms with Crippen LogP contribution in [-0.2, 0) is 6.42 Å². The molecule has 0 saturated heterocycles. The number of aromatic hydroxyl groups is 1. The van der Waals surface area contributed by atoms with Crippen LogP contribution < -0.4 is 0 Å². The summed E-state index contributed by atoms with van der Waals surface area (Å²) in [7, 11) is 0. The fraction of sp³-hybridized carbons (Fsp3) is 0.682. The minimum absolute atomic E-state index is 0.159. The van der Waals surface area contributed by atoms with Gasteiger partial charge in [0.1, 0.15) is 5.75 Å². The largest absolute Gasteiger partial charge is 0.507 e. The van der Waals surface area contributed by atoms with Gasteiger partial charge in [-0.3, -0.25) is 4.79 Å². The number of hydrogen-bond acceptors (Lipinski definition) is 2. The highest BCUT2D eigenvalue weighted by Gasteiger charge is 2.54. The molecule has 0 bridgehead atoms. The van der Waals surface area contributed by atoms with Crippen LogP contribution in [0, 0.1) is 23.2 Å². The molecule has 0 aromatic heterocycles. The van der Waals surface area contributed by atoms with Crippen molar-refractivity contribution in [2.45, 2.75) is 71.1 Å². The molecular weight excluding hydrogens is 296 g/mol. The molecule has 0 aliphatic heterocycles. The smallest absolute Gasteiger partial charge is 0.153 e. The summed E-state index contributed by atoms with van der Waals surface area (Å²) in [6.45, 7) is 4.90. The third-order valence-electron chi connectivity index (χ3n) is 7.83. The van der Waals surface area contributed by atoms with Crippen molar-refractivity contribution in [3.8, 4) is 5.75 Å². The van der Waals surface area contributed by atoms with Gasteiger partial charge in [0.05, 0.1) is 5.56 Å². The van der Waals surface area contributed by atoms with Gasteiger partial charge in [0.2, 0.25) is 0 Å². The van der Waals surface area contributed by atoms with E-state index in [1.165, 1.54) is 56.1 Å². The average molecular weight is 326 g/mol. The van der Waals surface area contributed by atoms with E-state index >= 15 is 0 Å². The average Bonchev–Trinajstić information content (AvgIpc) is 2.91. The zero-order chi connectivity index (χ0) is 16.9. The quantitative estimate of drug-likeness (QED) is 0.747. The molecule has 5 atom stereocenters. The van der Waals surface area contributed by atoms with Crippen LogP contribution in [0.3, 0.4) is 0 Å². The highest BCUT2D eigenvalue weighted by Crippen LogP contribution is 2.63. The van der Waals surface area contributed by atoms with Gasteiger partial charge in [0.25, 0.3) is 0 Å². The first-order valence-corrected chi connectivity index (χ1v) is 9.89. The first kappa shape index (κ1) is 16.2. The first-order valence-electron chi connectivity index (χ1n) is 9.89. The van der Waals surface area contributed by atoms with Gasteiger partial charge < -0.3 is 5.11 Å². The molecule has 0 heterocycles. The number of phenolic OH excluding ortho intramolecular Hbond substituents is 1. The number of fused-ring (bicyclic) bond motifs is 5. The Labute approximate surface area is 145 Å². The van der Waals surface area contributed by atoms with E-state index in [1.54, 1.807) is 0 Å². The summed E-state index contributed by atoms with van der Waals surface area (Å²) in [6.07, 6.45) is 11.2. The molecule has 0 spiro atoms. The van der Waals surface area contributed by atoms with Gasteiger partial charge in [-0.25, -0.2) is 0 Å². The van der Waals surface area contributed by atoms with E-state index in [1.807, 2.05) is 12.1 Å². The van der Waals surface area contributed by atoms with E-state index in [9.17, 15) is 9.90 Å². The van der Waals surface area contributed by atoms with E-state index in [0.29, 0.717) is 16.9 Å². The maximum atomic E-state index is 11.3. The SMILES string of the molecule is CCCC1CC[C@H]2[C@@H]3CCc4cc(O)c(C=O)cc4[C@H]3CC[C@]12C. The second-order valence-corrected chi connectivity index (χ2v) is 8.75. The zero-order valence-electron chi connectivity index (χ0n) is 15.1. The maximum Gasteiger partial charge on any atom is 0.153 e. The number of rotatable bonds is 3. The topological polar surface area (TPSA) is 37.3 Å². The third kappa shape index (κ3) is 2.25. The monoisotopic (exact) mass is 326 g/mol. The molecule has 130 valence electrons. The number of aldehydes is 1. The van der Waals surface area contributed by atoms with Gasteiger partial charge >= 0.3 is 0 Å². The lowest BCUT2D eigenvalue weighted by molar-refractivity contribution is 0.0257. The van der Waals surface area contributed by atoms with Crippen molar-refractivity contribution in [1.82, 2.24) is 0 Å². The van der Waals surface area contributed by atoms with Crippen LogP contribution in [0.25, 0.3) is 0 Å². The Morgan fingerprint density at radius 1 is 1.25 bits per heavy atom. The van der Waals surface area contributed by atoms with E-state index < -0.39 is 0 Å². The number of carbonyl (C=O) groups excluding carboxylic acids is 1. The van der Waals surface area contributed by atoms with E-state index in [4.69, 9.17) is 0 Å². The van der Waals surface area contributed by atoms with Crippen LogP contribution in [0.4, 0.5) is 0 Å². The Hall–Kier alpha value is -1.31. The Morgan fingerprint density at radius 2 is 2.08 bits per heavy atom. The summed E-state index contributed by atoms with van der Waals surface area (Å²) in [6, 6.07) is 3.85. The molecule has 1 N–H and O–H groups in total. The van der Waals surface area contributed by atoms with E-state index in [-0.39, 0.29) is 5.75 Å². The summed E-state index contributed by atoms with van der Waals surface area (Å²) < 4.78 is 0. The standard InChI is InChI=1S/C22H30O2/c1-3-4-16-6-8-20-18-7-5-14-12-21(24)15(13-23)11-19(14)17(18)9-10-22(16,20)2/h11-13,16-18,20,24H,3-10H2,1-2H3/t16?,17-,18+,20-,22+/m0/s1. The van der Waals surface area contributed by atoms with Crippen LogP contribution in [0.15, 0.2) is 12.1 Å². The number of aryl methyl sites for hydroxylation is 1. The summed E-state index contributed by atoms with van der Waals surface area (Å²) >= 11 is 0. The molecule has 3 aliphatic carbocycles. The fourth-order valence-corrected chi connectivity index (χ4v) is 6.65. The van der Waals surface area contributed by atoms with Crippen LogP contribution in [0.2, 0.25) is 0 Å². The molecule has 4 rings (SSSR count). The number of benzene rings is 1. The Bertz CT molecular complexity index is 650. The molecular formula is C22H30O2. The van der Waals surface area contributed by atoms with E-state index in [0.717, 1.165) is 30.5 Å². The van der Waals surface area contributed by atoms with Crippen molar-refractivity contribution >= 4 is 6.29 Å².